The number of halogens is 2. The average Bonchev–Trinajstić information content (AvgIpc) is 3.14. The molecule has 0 bridgehead atoms. The molecule has 5 rings (SSSR count). The van der Waals surface area contributed by atoms with E-state index >= 15 is 0 Å². The number of anilines is 3. The molecule has 0 aliphatic carbocycles. The maximum Gasteiger partial charge on any atom is 0.255 e. The number of hydrogen-bond donors (Lipinski definition) is 2. The van der Waals surface area contributed by atoms with E-state index in [0.29, 0.717) is 40.5 Å². The van der Waals surface area contributed by atoms with Gasteiger partial charge in [-0.15, -0.1) is 0 Å². The average molecular weight is 451 g/mol. The molecule has 4 aromatic rings. The highest BCUT2D eigenvalue weighted by Gasteiger charge is 2.19. The number of aromatic nitrogens is 4. The monoisotopic (exact) mass is 450 g/mol. The Hall–Kier alpha value is -3.85. The van der Waals surface area contributed by atoms with Crippen molar-refractivity contribution in [1.29, 1.82) is 0 Å². The van der Waals surface area contributed by atoms with E-state index in [2.05, 4.69) is 25.6 Å². The van der Waals surface area contributed by atoms with Gasteiger partial charge < -0.3 is 10.6 Å². The number of hydrogen-bond acceptors (Lipinski definition) is 6. The lowest BCUT2D eigenvalue weighted by Crippen LogP contribution is -2.22. The van der Waals surface area contributed by atoms with Crippen molar-refractivity contribution in [3.8, 4) is 0 Å². The lowest BCUT2D eigenvalue weighted by atomic mass is 10.1. The van der Waals surface area contributed by atoms with Crippen molar-refractivity contribution in [1.82, 2.24) is 19.5 Å². The first-order valence-corrected chi connectivity index (χ1v) is 10.1. The maximum absolute atomic E-state index is 13.4. The molecule has 0 saturated carbocycles. The fourth-order valence-electron chi connectivity index (χ4n) is 3.67. The summed E-state index contributed by atoms with van der Waals surface area (Å²) in [6.07, 6.45) is 3.77. The minimum absolute atomic E-state index is 0.0142. The molecule has 1 amide bonds. The van der Waals surface area contributed by atoms with Crippen molar-refractivity contribution in [2.24, 2.45) is 7.05 Å². The molecule has 1 aromatic carbocycles. The van der Waals surface area contributed by atoms with Crippen LogP contribution in [-0.2, 0) is 24.7 Å². The second kappa shape index (κ2) is 7.69. The van der Waals surface area contributed by atoms with E-state index in [1.165, 1.54) is 16.7 Å². The van der Waals surface area contributed by atoms with Crippen LogP contribution < -0.4 is 16.2 Å². The molecular formula is C22H16ClFN6O2. The summed E-state index contributed by atoms with van der Waals surface area (Å²) in [5, 5.41) is 6.44. The Bertz CT molecular complexity index is 1470. The van der Waals surface area contributed by atoms with E-state index < -0.39 is 5.82 Å². The molecule has 160 valence electrons. The molecule has 2 N–H and O–H groups in total. The Balaban J connectivity index is 1.46. The van der Waals surface area contributed by atoms with Crippen LogP contribution in [0.15, 0.2) is 47.5 Å². The third kappa shape index (κ3) is 3.67. The highest BCUT2D eigenvalue weighted by atomic mass is 35.5. The summed E-state index contributed by atoms with van der Waals surface area (Å²) < 4.78 is 14.9. The van der Waals surface area contributed by atoms with Gasteiger partial charge in [-0.25, -0.2) is 14.4 Å². The summed E-state index contributed by atoms with van der Waals surface area (Å²) in [5.74, 6) is 0.249. The first-order chi connectivity index (χ1) is 15.4. The van der Waals surface area contributed by atoms with Crippen LogP contribution in [0.25, 0.3) is 11.0 Å². The number of benzene rings is 1. The zero-order valence-electron chi connectivity index (χ0n) is 16.8. The van der Waals surface area contributed by atoms with Gasteiger partial charge in [-0.2, -0.15) is 4.98 Å². The SMILES string of the molecule is Cn1c(=O)c(Cc2ccc(F)c(Cl)c2)cc2cnc(Nc3cnc4c(c3)CC(=O)N4)nc21. The number of rotatable bonds is 4. The lowest BCUT2D eigenvalue weighted by molar-refractivity contribution is -0.115. The number of nitrogens with zero attached hydrogens (tertiary/aromatic N) is 4. The van der Waals surface area contributed by atoms with Gasteiger partial charge in [0.15, 0.2) is 0 Å². The zero-order valence-corrected chi connectivity index (χ0v) is 17.6. The first-order valence-electron chi connectivity index (χ1n) is 9.73. The largest absolute Gasteiger partial charge is 0.323 e. The zero-order chi connectivity index (χ0) is 22.4. The molecule has 0 saturated heterocycles. The van der Waals surface area contributed by atoms with Crippen LogP contribution in [-0.4, -0.2) is 25.4 Å². The molecule has 32 heavy (non-hydrogen) atoms. The van der Waals surface area contributed by atoms with E-state index in [9.17, 15) is 14.0 Å². The number of carbonyl (C=O) groups is 1. The fraction of sp³-hybridized carbons (Fsp3) is 0.136. The molecule has 0 fully saturated rings. The number of amides is 1. The van der Waals surface area contributed by atoms with Crippen LogP contribution in [0, 0.1) is 5.82 Å². The fourth-order valence-corrected chi connectivity index (χ4v) is 3.88. The molecule has 1 aliphatic heterocycles. The van der Waals surface area contributed by atoms with E-state index in [1.54, 1.807) is 31.6 Å². The first kappa shape index (κ1) is 20.1. The summed E-state index contributed by atoms with van der Waals surface area (Å²) in [4.78, 5) is 37.4. The van der Waals surface area contributed by atoms with Crippen LogP contribution in [0.1, 0.15) is 16.7 Å². The minimum Gasteiger partial charge on any atom is -0.323 e. The van der Waals surface area contributed by atoms with Crippen molar-refractivity contribution >= 4 is 46.0 Å². The Kier molecular flexibility index (Phi) is 4.82. The molecular weight excluding hydrogens is 435 g/mol. The van der Waals surface area contributed by atoms with Gasteiger partial charge in [-0.3, -0.25) is 14.2 Å². The molecule has 8 nitrogen and oxygen atoms in total. The lowest BCUT2D eigenvalue weighted by Gasteiger charge is -2.11. The van der Waals surface area contributed by atoms with Crippen LogP contribution >= 0.6 is 11.6 Å². The van der Waals surface area contributed by atoms with Crippen LogP contribution in [0.2, 0.25) is 5.02 Å². The maximum atomic E-state index is 13.4. The van der Waals surface area contributed by atoms with Gasteiger partial charge in [0, 0.05) is 36.2 Å². The Morgan fingerprint density at radius 2 is 2.03 bits per heavy atom. The van der Waals surface area contributed by atoms with Crippen molar-refractivity contribution < 1.29 is 9.18 Å². The van der Waals surface area contributed by atoms with Gasteiger partial charge >= 0.3 is 0 Å². The molecule has 0 unspecified atom stereocenters. The van der Waals surface area contributed by atoms with Gasteiger partial charge in [-0.1, -0.05) is 17.7 Å². The summed E-state index contributed by atoms with van der Waals surface area (Å²) in [6.45, 7) is 0. The minimum atomic E-state index is -0.503. The van der Waals surface area contributed by atoms with Crippen LogP contribution in [0.4, 0.5) is 21.8 Å². The van der Waals surface area contributed by atoms with Gasteiger partial charge in [0.25, 0.3) is 5.56 Å². The van der Waals surface area contributed by atoms with Gasteiger partial charge in [0.2, 0.25) is 11.9 Å². The summed E-state index contributed by atoms with van der Waals surface area (Å²) in [6, 6.07) is 7.93. The van der Waals surface area contributed by atoms with Crippen molar-refractivity contribution in [3.05, 3.63) is 80.6 Å². The van der Waals surface area contributed by atoms with E-state index in [0.717, 1.165) is 11.1 Å². The van der Waals surface area contributed by atoms with Crippen molar-refractivity contribution in [2.75, 3.05) is 10.6 Å². The highest BCUT2D eigenvalue weighted by molar-refractivity contribution is 6.30. The summed E-state index contributed by atoms with van der Waals surface area (Å²) >= 11 is 5.86. The Labute approximate surface area is 186 Å². The quantitative estimate of drug-likeness (QED) is 0.494. The molecule has 4 heterocycles. The Morgan fingerprint density at radius 1 is 1.19 bits per heavy atom. The number of fused-ring (bicyclic) bond motifs is 2. The number of aryl methyl sites for hydroxylation is 1. The van der Waals surface area contributed by atoms with E-state index in [-0.39, 0.29) is 22.9 Å². The van der Waals surface area contributed by atoms with Crippen molar-refractivity contribution in [3.63, 3.8) is 0 Å². The van der Waals surface area contributed by atoms with E-state index in [1.807, 2.05) is 6.07 Å². The number of pyridine rings is 2. The smallest absolute Gasteiger partial charge is 0.255 e. The van der Waals surface area contributed by atoms with Gasteiger partial charge in [-0.05, 0) is 29.8 Å². The van der Waals surface area contributed by atoms with Crippen LogP contribution in [0.3, 0.4) is 0 Å². The van der Waals surface area contributed by atoms with Crippen LogP contribution in [0.5, 0.6) is 0 Å². The van der Waals surface area contributed by atoms with E-state index in [4.69, 9.17) is 11.6 Å². The molecule has 0 radical (unpaired) electrons. The predicted octanol–water partition coefficient (Wildman–Crippen LogP) is 3.35. The standard InChI is InChI=1S/C22H16ClFN6O2/c1-30-20-14(6-13(21(30)32)4-11-2-3-17(24)16(23)5-11)9-26-22(29-20)27-15-7-12-8-18(31)28-19(12)25-10-15/h2-3,5-7,9-10H,4,8H2,1H3,(H,25,28,31)(H,26,27,29). The third-order valence-electron chi connectivity index (χ3n) is 5.23. The topological polar surface area (TPSA) is 102 Å². The summed E-state index contributed by atoms with van der Waals surface area (Å²) in [5.41, 5.74) is 2.91. The summed E-state index contributed by atoms with van der Waals surface area (Å²) in [7, 11) is 1.64. The van der Waals surface area contributed by atoms with Crippen molar-refractivity contribution in [2.45, 2.75) is 12.8 Å². The van der Waals surface area contributed by atoms with Gasteiger partial charge in [0.1, 0.15) is 17.3 Å². The molecule has 3 aromatic heterocycles. The third-order valence-corrected chi connectivity index (χ3v) is 5.52. The predicted molar refractivity (Wildman–Crippen MR) is 119 cm³/mol. The highest BCUT2D eigenvalue weighted by Crippen LogP contribution is 2.25. The number of carbonyl (C=O) groups excluding carboxylic acids is 1. The molecule has 0 spiro atoms. The number of nitrogens with one attached hydrogen (secondary N) is 2. The molecule has 0 atom stereocenters. The molecule has 1 aliphatic rings. The van der Waals surface area contributed by atoms with Gasteiger partial charge in [0.05, 0.1) is 23.3 Å². The Morgan fingerprint density at radius 3 is 2.84 bits per heavy atom. The second-order valence-electron chi connectivity index (χ2n) is 7.51. The normalized spacial score (nSPS) is 12.7. The molecule has 10 heteroatoms. The second-order valence-corrected chi connectivity index (χ2v) is 7.92.